The van der Waals surface area contributed by atoms with Crippen LogP contribution in [0.3, 0.4) is 0 Å². The van der Waals surface area contributed by atoms with Crippen molar-refractivity contribution in [1.29, 1.82) is 0 Å². The van der Waals surface area contributed by atoms with Gasteiger partial charge in [-0.25, -0.2) is 0 Å². The molecule has 0 bridgehead atoms. The van der Waals surface area contributed by atoms with E-state index in [-0.39, 0.29) is 0 Å². The Balaban J connectivity index is 1.83. The maximum Gasteiger partial charge on any atom is 0.173 e. The van der Waals surface area contributed by atoms with E-state index in [0.29, 0.717) is 11.6 Å². The molecule has 2 aromatic carbocycles. The van der Waals surface area contributed by atoms with Crippen molar-refractivity contribution in [3.63, 3.8) is 0 Å². The lowest BCUT2D eigenvalue weighted by Crippen LogP contribution is -2.38. The molecule has 0 aromatic heterocycles. The first-order valence-electron chi connectivity index (χ1n) is 8.84. The van der Waals surface area contributed by atoms with E-state index in [4.69, 9.17) is 16.3 Å². The molecule has 3 rings (SSSR count). The third kappa shape index (κ3) is 5.31. The first kappa shape index (κ1) is 21.2. The smallest absolute Gasteiger partial charge is 0.173 e. The van der Waals surface area contributed by atoms with Gasteiger partial charge in [-0.15, -0.1) is 0 Å². The van der Waals surface area contributed by atoms with Crippen molar-refractivity contribution < 1.29 is 4.74 Å². The Labute approximate surface area is 193 Å². The molecule has 1 atom stereocenters. The van der Waals surface area contributed by atoms with Gasteiger partial charge in [-0.1, -0.05) is 100 Å². The molecule has 0 aliphatic carbocycles. The molecule has 0 fully saturated rings. The van der Waals surface area contributed by atoms with Crippen molar-refractivity contribution in [2.75, 3.05) is 11.9 Å². The van der Waals surface area contributed by atoms with Gasteiger partial charge in [0.15, 0.2) is 3.55 Å². The van der Waals surface area contributed by atoms with Gasteiger partial charge in [0, 0.05) is 17.1 Å². The monoisotopic (exact) mass is 567 g/mol. The number of allylic oxidation sites excluding steroid dienone is 3. The topological polar surface area (TPSA) is 21.3 Å². The number of alkyl halides is 2. The molecule has 1 heterocycles. The van der Waals surface area contributed by atoms with Crippen molar-refractivity contribution >= 4 is 62.3 Å². The molecular weight excluding hydrogens is 549 g/mol. The van der Waals surface area contributed by atoms with Crippen LogP contribution in [0.2, 0.25) is 0 Å². The molecule has 1 N–H and O–H groups in total. The summed E-state index contributed by atoms with van der Waals surface area (Å²) < 4.78 is 5.61. The van der Waals surface area contributed by atoms with Crippen molar-refractivity contribution in [2.45, 2.75) is 3.55 Å². The second kappa shape index (κ2) is 10.3. The zero-order valence-electron chi connectivity index (χ0n) is 15.1. The van der Waals surface area contributed by atoms with E-state index < -0.39 is 3.55 Å². The predicted octanol–water partition coefficient (Wildman–Crippen LogP) is 6.98. The number of ether oxygens (including phenoxy) is 1. The van der Waals surface area contributed by atoms with E-state index in [0.717, 1.165) is 27.8 Å². The number of dihydropyridines is 1. The minimum atomic E-state index is -0.538. The summed E-state index contributed by atoms with van der Waals surface area (Å²) in [5.74, 6) is 0.776. The summed E-state index contributed by atoms with van der Waals surface area (Å²) in [5, 5.41) is 4.83. The van der Waals surface area contributed by atoms with Crippen LogP contribution < -0.4 is 5.32 Å². The quantitative estimate of drug-likeness (QED) is 0.221. The lowest BCUT2D eigenvalue weighted by Gasteiger charge is -2.34. The fraction of sp³-hybridized carbons (Fsp3) is 0.130. The Morgan fingerprint density at radius 3 is 2.57 bits per heavy atom. The van der Waals surface area contributed by atoms with Gasteiger partial charge in [0.2, 0.25) is 0 Å². The van der Waals surface area contributed by atoms with Crippen molar-refractivity contribution in [3.8, 4) is 0 Å². The van der Waals surface area contributed by atoms with Crippen LogP contribution in [0.1, 0.15) is 16.7 Å². The van der Waals surface area contributed by atoms with Crippen LogP contribution in [0.4, 0.5) is 0 Å². The van der Waals surface area contributed by atoms with Gasteiger partial charge in [-0.05, 0) is 45.9 Å². The molecule has 0 amide bonds. The minimum Gasteiger partial charge on any atom is -0.490 e. The van der Waals surface area contributed by atoms with Gasteiger partial charge in [0.05, 0.1) is 5.03 Å². The molecule has 0 spiro atoms. The van der Waals surface area contributed by atoms with E-state index in [2.05, 4.69) is 86.3 Å². The second-order valence-corrected chi connectivity index (χ2v) is 8.81. The van der Waals surface area contributed by atoms with Gasteiger partial charge in [-0.3, -0.25) is 0 Å². The van der Waals surface area contributed by atoms with E-state index in [1.165, 1.54) is 0 Å². The molecule has 2 nitrogen and oxygen atoms in total. The number of hydrogen-bond acceptors (Lipinski definition) is 2. The molecule has 0 saturated carbocycles. The molecule has 5 heteroatoms. The Kier molecular flexibility index (Phi) is 7.82. The summed E-state index contributed by atoms with van der Waals surface area (Å²) in [4.78, 5) is 0. The Morgan fingerprint density at radius 2 is 1.79 bits per heavy atom. The Morgan fingerprint density at radius 1 is 1.04 bits per heavy atom. The van der Waals surface area contributed by atoms with Crippen LogP contribution in [0, 0.1) is 0 Å². The number of rotatable bonds is 7. The van der Waals surface area contributed by atoms with Gasteiger partial charge in [-0.2, -0.15) is 0 Å². The van der Waals surface area contributed by atoms with Crippen LogP contribution in [0.25, 0.3) is 12.2 Å². The first-order valence-corrected chi connectivity index (χ1v) is 11.4. The van der Waals surface area contributed by atoms with Gasteiger partial charge >= 0.3 is 0 Å². The zero-order chi connectivity index (χ0) is 19.8. The summed E-state index contributed by atoms with van der Waals surface area (Å²) in [7, 11) is 0. The number of halogens is 3. The molecule has 0 saturated heterocycles. The van der Waals surface area contributed by atoms with Crippen LogP contribution in [-0.2, 0) is 8.28 Å². The van der Waals surface area contributed by atoms with Crippen molar-refractivity contribution in [1.82, 2.24) is 5.32 Å². The van der Waals surface area contributed by atoms with Gasteiger partial charge < -0.3 is 10.1 Å². The summed E-state index contributed by atoms with van der Waals surface area (Å²) in [6.07, 6.45) is 11.9. The third-order valence-corrected chi connectivity index (χ3v) is 6.20. The normalized spacial score (nSPS) is 19.4. The minimum absolute atomic E-state index is 0.455. The van der Waals surface area contributed by atoms with Crippen LogP contribution >= 0.6 is 50.1 Å². The highest BCUT2D eigenvalue weighted by molar-refractivity contribution is 14.1. The lowest BCUT2D eigenvalue weighted by molar-refractivity contribution is 0.213. The molecule has 2 aromatic rings. The molecule has 28 heavy (non-hydrogen) atoms. The maximum atomic E-state index is 6.26. The van der Waals surface area contributed by atoms with Gasteiger partial charge in [0.1, 0.15) is 12.4 Å². The van der Waals surface area contributed by atoms with Crippen molar-refractivity contribution in [3.05, 3.63) is 107 Å². The van der Waals surface area contributed by atoms with Crippen molar-refractivity contribution in [2.24, 2.45) is 0 Å². The second-order valence-electron chi connectivity index (χ2n) is 6.11. The standard InChI is InChI=1S/C23H20BrClINO/c24-14-6-12-19-11-4-5-13-21(19)23(26)22(16-20(25)17-27-23)28-15-7-10-18-8-2-1-3-9-18/h1-13,16-17,27H,14-15H2. The lowest BCUT2D eigenvalue weighted by atomic mass is 9.97. The fourth-order valence-corrected chi connectivity index (χ4v) is 4.17. The molecule has 0 radical (unpaired) electrons. The predicted molar refractivity (Wildman–Crippen MR) is 132 cm³/mol. The largest absolute Gasteiger partial charge is 0.490 e. The molecular formula is C23H20BrClINO. The average Bonchev–Trinajstić information content (AvgIpc) is 2.73. The number of nitrogens with one attached hydrogen (secondary N) is 1. The van der Waals surface area contributed by atoms with Gasteiger partial charge in [0.25, 0.3) is 0 Å². The zero-order valence-corrected chi connectivity index (χ0v) is 19.6. The molecule has 1 aliphatic rings. The average molecular weight is 569 g/mol. The Bertz CT molecular complexity index is 923. The molecule has 1 aliphatic heterocycles. The van der Waals surface area contributed by atoms with E-state index in [1.807, 2.05) is 48.7 Å². The molecule has 1 unspecified atom stereocenters. The Hall–Kier alpha value is -1.50. The highest BCUT2D eigenvalue weighted by atomic mass is 127. The van der Waals surface area contributed by atoms with E-state index >= 15 is 0 Å². The first-order chi connectivity index (χ1) is 13.6. The third-order valence-electron chi connectivity index (χ3n) is 4.18. The highest BCUT2D eigenvalue weighted by Gasteiger charge is 2.37. The number of hydrogen-bond donors (Lipinski definition) is 1. The van der Waals surface area contributed by atoms with Crippen LogP contribution in [0.5, 0.6) is 0 Å². The maximum absolute atomic E-state index is 6.26. The van der Waals surface area contributed by atoms with E-state index in [1.54, 1.807) is 0 Å². The van der Waals surface area contributed by atoms with Crippen LogP contribution in [-0.4, -0.2) is 11.9 Å². The number of benzene rings is 2. The van der Waals surface area contributed by atoms with E-state index in [9.17, 15) is 0 Å². The summed E-state index contributed by atoms with van der Waals surface area (Å²) in [6, 6.07) is 18.5. The summed E-state index contributed by atoms with van der Waals surface area (Å²) in [5.41, 5.74) is 3.39. The fourth-order valence-electron chi connectivity index (χ4n) is 2.87. The van der Waals surface area contributed by atoms with Crippen LogP contribution in [0.15, 0.2) is 89.8 Å². The summed E-state index contributed by atoms with van der Waals surface area (Å²) in [6.45, 7) is 0.455. The molecule has 144 valence electrons. The SMILES string of the molecule is ClC1=CNC(I)(c2ccccc2C=CCBr)C(OCC=Cc2ccccc2)=C1. The highest BCUT2D eigenvalue weighted by Crippen LogP contribution is 2.42. The summed E-state index contributed by atoms with van der Waals surface area (Å²) >= 11 is 12.1.